The SMILES string of the molecule is COc1ccc(NC(=O)N(C)CCc2cccc(Cc3c(-c4ccc(O)cc4)ccc4cc(O)ccc34)c2)cc1. The Labute approximate surface area is 234 Å². The Kier molecular flexibility index (Phi) is 7.87. The molecule has 6 nitrogen and oxygen atoms in total. The topological polar surface area (TPSA) is 82.0 Å². The summed E-state index contributed by atoms with van der Waals surface area (Å²) in [7, 11) is 3.40. The second-order valence-electron chi connectivity index (χ2n) is 9.87. The van der Waals surface area contributed by atoms with Crippen LogP contribution in [0, 0.1) is 0 Å². The Morgan fingerprint density at radius 2 is 1.55 bits per heavy atom. The molecule has 2 amide bonds. The van der Waals surface area contributed by atoms with Crippen molar-refractivity contribution in [1.29, 1.82) is 0 Å². The van der Waals surface area contributed by atoms with Gasteiger partial charge in [-0.2, -0.15) is 0 Å². The fourth-order valence-corrected chi connectivity index (χ4v) is 4.87. The minimum absolute atomic E-state index is 0.168. The van der Waals surface area contributed by atoms with Crippen molar-refractivity contribution in [2.24, 2.45) is 0 Å². The molecule has 0 unspecified atom stereocenters. The van der Waals surface area contributed by atoms with Crippen molar-refractivity contribution in [3.63, 3.8) is 0 Å². The average Bonchev–Trinajstić information content (AvgIpc) is 2.97. The lowest BCUT2D eigenvalue weighted by Crippen LogP contribution is -2.32. The maximum Gasteiger partial charge on any atom is 0.321 e. The van der Waals surface area contributed by atoms with Crippen molar-refractivity contribution in [2.45, 2.75) is 12.8 Å². The van der Waals surface area contributed by atoms with E-state index in [9.17, 15) is 15.0 Å². The molecule has 40 heavy (non-hydrogen) atoms. The lowest BCUT2D eigenvalue weighted by Gasteiger charge is -2.18. The number of ether oxygens (including phenoxy) is 1. The van der Waals surface area contributed by atoms with Crippen LogP contribution in [0.4, 0.5) is 10.5 Å². The van der Waals surface area contributed by atoms with Crippen molar-refractivity contribution in [3.05, 3.63) is 120 Å². The maximum atomic E-state index is 12.7. The lowest BCUT2D eigenvalue weighted by atomic mass is 9.89. The van der Waals surface area contributed by atoms with Gasteiger partial charge in [-0.3, -0.25) is 0 Å². The normalized spacial score (nSPS) is 10.8. The molecule has 0 saturated carbocycles. The summed E-state index contributed by atoms with van der Waals surface area (Å²) in [4.78, 5) is 14.4. The average molecular weight is 533 g/mol. The summed E-state index contributed by atoms with van der Waals surface area (Å²) < 4.78 is 5.17. The van der Waals surface area contributed by atoms with E-state index in [0.717, 1.165) is 44.3 Å². The van der Waals surface area contributed by atoms with Crippen LogP contribution in [0.1, 0.15) is 16.7 Å². The second-order valence-corrected chi connectivity index (χ2v) is 9.87. The molecule has 5 aromatic rings. The Bertz CT molecular complexity index is 1630. The zero-order valence-corrected chi connectivity index (χ0v) is 22.6. The molecular formula is C34H32N2O4. The summed E-state index contributed by atoms with van der Waals surface area (Å²) in [6.45, 7) is 0.567. The van der Waals surface area contributed by atoms with Gasteiger partial charge in [-0.1, -0.05) is 54.6 Å². The molecule has 202 valence electrons. The molecule has 0 bridgehead atoms. The van der Waals surface area contributed by atoms with Gasteiger partial charge in [0, 0.05) is 19.3 Å². The van der Waals surface area contributed by atoms with Gasteiger partial charge in [-0.15, -0.1) is 0 Å². The van der Waals surface area contributed by atoms with E-state index < -0.39 is 0 Å². The van der Waals surface area contributed by atoms with E-state index in [1.54, 1.807) is 43.3 Å². The summed E-state index contributed by atoms with van der Waals surface area (Å²) in [6.07, 6.45) is 1.41. The van der Waals surface area contributed by atoms with Crippen LogP contribution >= 0.6 is 0 Å². The van der Waals surface area contributed by atoms with Crippen molar-refractivity contribution in [2.75, 3.05) is 26.0 Å². The molecule has 0 aliphatic heterocycles. The van der Waals surface area contributed by atoms with E-state index in [-0.39, 0.29) is 17.5 Å². The predicted molar refractivity (Wildman–Crippen MR) is 160 cm³/mol. The van der Waals surface area contributed by atoms with Gasteiger partial charge >= 0.3 is 6.03 Å². The second kappa shape index (κ2) is 11.8. The van der Waals surface area contributed by atoms with E-state index in [0.29, 0.717) is 25.1 Å². The molecule has 0 aliphatic carbocycles. The van der Waals surface area contributed by atoms with Crippen LogP contribution in [0.5, 0.6) is 17.2 Å². The standard InChI is InChI=1S/C34H32N2O4/c1-36(34(39)35-27-9-14-30(40-2)15-10-27)19-18-23-4-3-5-24(20-23)21-33-31(25-6-11-28(37)12-7-25)16-8-26-22-29(38)13-17-32(26)33/h3-17,20,22,37-38H,18-19,21H2,1-2H3,(H,35,39). The first-order chi connectivity index (χ1) is 19.4. The zero-order chi connectivity index (χ0) is 28.1. The molecule has 3 N–H and O–H groups in total. The largest absolute Gasteiger partial charge is 0.508 e. The first-order valence-electron chi connectivity index (χ1n) is 13.2. The molecule has 0 fully saturated rings. The first kappa shape index (κ1) is 26.6. The highest BCUT2D eigenvalue weighted by Gasteiger charge is 2.13. The molecule has 0 atom stereocenters. The van der Waals surface area contributed by atoms with Gasteiger partial charge in [0.15, 0.2) is 0 Å². The quantitative estimate of drug-likeness (QED) is 0.197. The van der Waals surface area contributed by atoms with Gasteiger partial charge in [-0.25, -0.2) is 4.79 Å². The van der Waals surface area contributed by atoms with Gasteiger partial charge in [0.05, 0.1) is 7.11 Å². The van der Waals surface area contributed by atoms with Crippen LogP contribution in [-0.4, -0.2) is 41.8 Å². The van der Waals surface area contributed by atoms with Gasteiger partial charge in [0.25, 0.3) is 0 Å². The van der Waals surface area contributed by atoms with Crippen LogP contribution in [0.25, 0.3) is 21.9 Å². The number of nitrogens with zero attached hydrogens (tertiary/aromatic N) is 1. The summed E-state index contributed by atoms with van der Waals surface area (Å²) >= 11 is 0. The molecule has 0 spiro atoms. The third kappa shape index (κ3) is 6.18. The number of amides is 2. The number of phenols is 2. The zero-order valence-electron chi connectivity index (χ0n) is 22.6. The van der Waals surface area contributed by atoms with E-state index in [4.69, 9.17) is 4.74 Å². The Morgan fingerprint density at radius 1 is 0.825 bits per heavy atom. The van der Waals surface area contributed by atoms with E-state index in [1.807, 2.05) is 48.5 Å². The van der Waals surface area contributed by atoms with Crippen molar-refractivity contribution in [3.8, 4) is 28.4 Å². The van der Waals surface area contributed by atoms with E-state index in [1.165, 1.54) is 0 Å². The van der Waals surface area contributed by atoms with Gasteiger partial charge < -0.3 is 25.2 Å². The van der Waals surface area contributed by atoms with Crippen LogP contribution in [-0.2, 0) is 12.8 Å². The van der Waals surface area contributed by atoms with Crippen LogP contribution in [0.15, 0.2) is 103 Å². The Morgan fingerprint density at radius 3 is 2.30 bits per heavy atom. The summed E-state index contributed by atoms with van der Waals surface area (Å²) in [5.41, 5.74) is 6.26. The first-order valence-corrected chi connectivity index (χ1v) is 13.2. The van der Waals surface area contributed by atoms with E-state index in [2.05, 4.69) is 35.6 Å². The number of nitrogens with one attached hydrogen (secondary N) is 1. The number of phenolic OH excluding ortho intramolecular Hbond substituents is 2. The van der Waals surface area contributed by atoms with Crippen molar-refractivity contribution < 1.29 is 19.7 Å². The smallest absolute Gasteiger partial charge is 0.321 e. The molecule has 0 aliphatic rings. The molecular weight excluding hydrogens is 500 g/mol. The number of hydrogen-bond donors (Lipinski definition) is 3. The molecule has 0 saturated heterocycles. The number of aromatic hydroxyl groups is 2. The van der Waals surface area contributed by atoms with Crippen LogP contribution in [0.3, 0.4) is 0 Å². The minimum Gasteiger partial charge on any atom is -0.508 e. The number of carbonyl (C=O) groups is 1. The molecule has 5 aromatic carbocycles. The van der Waals surface area contributed by atoms with Crippen molar-refractivity contribution >= 4 is 22.5 Å². The number of rotatable bonds is 8. The highest BCUT2D eigenvalue weighted by Crippen LogP contribution is 2.34. The predicted octanol–water partition coefficient (Wildman–Crippen LogP) is 7.22. The number of benzene rings is 5. The van der Waals surface area contributed by atoms with Gasteiger partial charge in [-0.05, 0) is 100.0 Å². The van der Waals surface area contributed by atoms with Crippen molar-refractivity contribution in [1.82, 2.24) is 4.90 Å². The molecule has 6 heteroatoms. The number of hydrogen-bond acceptors (Lipinski definition) is 4. The monoisotopic (exact) mass is 532 g/mol. The number of carbonyl (C=O) groups excluding carboxylic acids is 1. The number of likely N-dealkylation sites (N-methyl/N-ethyl adjacent to an activating group) is 1. The third-order valence-corrected chi connectivity index (χ3v) is 7.09. The summed E-state index contributed by atoms with van der Waals surface area (Å²) in [5.74, 6) is 1.20. The van der Waals surface area contributed by atoms with Gasteiger partial charge in [0.2, 0.25) is 0 Å². The third-order valence-electron chi connectivity index (χ3n) is 7.09. The number of methoxy groups -OCH3 is 1. The van der Waals surface area contributed by atoms with Crippen LogP contribution in [0.2, 0.25) is 0 Å². The Hall–Kier alpha value is -4.97. The highest BCUT2D eigenvalue weighted by atomic mass is 16.5. The molecule has 5 rings (SSSR count). The minimum atomic E-state index is -0.168. The molecule has 0 heterocycles. The lowest BCUT2D eigenvalue weighted by molar-refractivity contribution is 0.223. The fourth-order valence-electron chi connectivity index (χ4n) is 4.87. The molecule has 0 radical (unpaired) electrons. The summed E-state index contributed by atoms with van der Waals surface area (Å²) in [6, 6.07) is 32.3. The fraction of sp³-hybridized carbons (Fsp3) is 0.147. The Balaban J connectivity index is 1.33. The number of fused-ring (bicyclic) bond motifs is 1. The molecule has 0 aromatic heterocycles. The summed E-state index contributed by atoms with van der Waals surface area (Å²) in [5, 5.41) is 24.8. The number of urea groups is 1. The van der Waals surface area contributed by atoms with E-state index >= 15 is 0 Å². The maximum absolute atomic E-state index is 12.7. The van der Waals surface area contributed by atoms with Crippen LogP contribution < -0.4 is 10.1 Å². The highest BCUT2D eigenvalue weighted by molar-refractivity contribution is 5.93. The van der Waals surface area contributed by atoms with Gasteiger partial charge in [0.1, 0.15) is 17.2 Å². The number of anilines is 1.